The number of anilines is 1. The predicted molar refractivity (Wildman–Crippen MR) is 88.5 cm³/mol. The molecule has 0 aromatic heterocycles. The Hall–Kier alpha value is -1.52. The van der Waals surface area contributed by atoms with Gasteiger partial charge in [-0.25, -0.2) is 0 Å². The number of fused-ring (bicyclic) bond motifs is 1. The number of halogens is 2. The Kier molecular flexibility index (Phi) is 3.91. The third-order valence-electron chi connectivity index (χ3n) is 3.70. The van der Waals surface area contributed by atoms with Gasteiger partial charge in [-0.2, -0.15) is 0 Å². The fourth-order valence-corrected chi connectivity index (χ4v) is 3.06. The van der Waals surface area contributed by atoms with Gasteiger partial charge in [-0.05, 0) is 63.8 Å². The highest BCUT2D eigenvalue weighted by molar-refractivity contribution is 9.10. The number of rotatable bonds is 1. The Balaban J connectivity index is 1.85. The van der Waals surface area contributed by atoms with Crippen molar-refractivity contribution in [1.29, 1.82) is 0 Å². The monoisotopic (exact) mass is 364 g/mol. The van der Waals surface area contributed by atoms with E-state index in [0.29, 0.717) is 17.1 Å². The van der Waals surface area contributed by atoms with Crippen LogP contribution in [0.15, 0.2) is 40.9 Å². The normalized spacial score (nSPS) is 13.9. The number of hydrogen-bond donors (Lipinski definition) is 1. The molecule has 3 nitrogen and oxygen atoms in total. The lowest BCUT2D eigenvalue weighted by atomic mass is 9.98. The number of carbonyl (C=O) groups excluding carboxylic acids is 1. The highest BCUT2D eigenvalue weighted by Gasteiger charge is 2.22. The number of carbonyl (C=O) groups is 1. The average Bonchev–Trinajstić information content (AvgIpc) is 2.48. The van der Waals surface area contributed by atoms with Crippen LogP contribution in [0.2, 0.25) is 5.02 Å². The summed E-state index contributed by atoms with van der Waals surface area (Å²) >= 11 is 9.32. The molecule has 3 rings (SSSR count). The van der Waals surface area contributed by atoms with Crippen molar-refractivity contribution < 1.29 is 4.79 Å². The minimum Gasteiger partial charge on any atom is -0.399 e. The standard InChI is InChI=1S/C16H14BrClN2O/c17-14-8-11(2-4-15(14)18)16(21)20-6-5-10-1-3-13(19)7-12(10)9-20/h1-4,7-8H,5-6,9,19H2. The minimum atomic E-state index is 0.0143. The highest BCUT2D eigenvalue weighted by atomic mass is 79.9. The zero-order chi connectivity index (χ0) is 15.0. The van der Waals surface area contributed by atoms with Crippen LogP contribution in [-0.2, 0) is 13.0 Å². The van der Waals surface area contributed by atoms with Crippen LogP contribution in [0, 0.1) is 0 Å². The Morgan fingerprint density at radius 2 is 2.00 bits per heavy atom. The van der Waals surface area contributed by atoms with Gasteiger partial charge in [0.15, 0.2) is 0 Å². The lowest BCUT2D eigenvalue weighted by Crippen LogP contribution is -2.36. The van der Waals surface area contributed by atoms with Crippen LogP contribution in [-0.4, -0.2) is 17.4 Å². The Morgan fingerprint density at radius 3 is 2.76 bits per heavy atom. The molecule has 0 radical (unpaired) electrons. The molecule has 1 aliphatic rings. The second-order valence-corrected chi connectivity index (χ2v) is 6.40. The minimum absolute atomic E-state index is 0.0143. The van der Waals surface area contributed by atoms with Crippen molar-refractivity contribution in [3.63, 3.8) is 0 Å². The molecular formula is C16H14BrClN2O. The van der Waals surface area contributed by atoms with E-state index in [1.54, 1.807) is 18.2 Å². The molecular weight excluding hydrogens is 352 g/mol. The highest BCUT2D eigenvalue weighted by Crippen LogP contribution is 2.26. The average molecular weight is 366 g/mol. The quantitative estimate of drug-likeness (QED) is 0.780. The molecule has 0 aliphatic carbocycles. The number of benzene rings is 2. The third kappa shape index (κ3) is 2.92. The Morgan fingerprint density at radius 1 is 1.19 bits per heavy atom. The van der Waals surface area contributed by atoms with Crippen LogP contribution < -0.4 is 5.73 Å². The lowest BCUT2D eigenvalue weighted by molar-refractivity contribution is 0.0734. The summed E-state index contributed by atoms with van der Waals surface area (Å²) in [4.78, 5) is 14.4. The summed E-state index contributed by atoms with van der Waals surface area (Å²) in [5, 5.41) is 0.600. The molecule has 2 aromatic carbocycles. The van der Waals surface area contributed by atoms with Gasteiger partial charge in [0.25, 0.3) is 5.91 Å². The molecule has 2 N–H and O–H groups in total. The van der Waals surface area contributed by atoms with Gasteiger partial charge in [-0.15, -0.1) is 0 Å². The van der Waals surface area contributed by atoms with Crippen molar-refractivity contribution in [3.05, 3.63) is 62.6 Å². The first-order valence-electron chi connectivity index (χ1n) is 6.66. The fourth-order valence-electron chi connectivity index (χ4n) is 2.56. The van der Waals surface area contributed by atoms with Crippen molar-refractivity contribution in [2.75, 3.05) is 12.3 Å². The molecule has 0 unspecified atom stereocenters. The largest absolute Gasteiger partial charge is 0.399 e. The van der Waals surface area contributed by atoms with Crippen molar-refractivity contribution >= 4 is 39.1 Å². The number of amides is 1. The molecule has 2 aromatic rings. The summed E-state index contributed by atoms with van der Waals surface area (Å²) in [6.07, 6.45) is 0.857. The molecule has 0 saturated heterocycles. The summed E-state index contributed by atoms with van der Waals surface area (Å²) in [7, 11) is 0. The Labute approximate surface area is 136 Å². The summed E-state index contributed by atoms with van der Waals surface area (Å²) < 4.78 is 0.733. The molecule has 0 fully saturated rings. The predicted octanol–water partition coefficient (Wildman–Crippen LogP) is 3.88. The van der Waals surface area contributed by atoms with Crippen molar-refractivity contribution in [2.24, 2.45) is 0 Å². The molecule has 5 heteroatoms. The van der Waals surface area contributed by atoms with Gasteiger partial charge >= 0.3 is 0 Å². The second-order valence-electron chi connectivity index (χ2n) is 5.13. The first-order valence-corrected chi connectivity index (χ1v) is 7.83. The summed E-state index contributed by atoms with van der Waals surface area (Å²) in [6, 6.07) is 11.2. The van der Waals surface area contributed by atoms with Crippen LogP contribution in [0.25, 0.3) is 0 Å². The molecule has 1 amide bonds. The van der Waals surface area contributed by atoms with Gasteiger partial charge in [0.05, 0.1) is 5.02 Å². The SMILES string of the molecule is Nc1ccc2c(c1)CN(C(=O)c1ccc(Cl)c(Br)c1)CC2. The first kappa shape index (κ1) is 14.4. The maximum absolute atomic E-state index is 12.6. The van der Waals surface area contributed by atoms with Crippen LogP contribution in [0.1, 0.15) is 21.5 Å². The summed E-state index contributed by atoms with van der Waals surface area (Å²) in [5.74, 6) is 0.0143. The van der Waals surface area contributed by atoms with E-state index < -0.39 is 0 Å². The van der Waals surface area contributed by atoms with Gasteiger partial charge in [0.2, 0.25) is 0 Å². The molecule has 0 atom stereocenters. The number of hydrogen-bond acceptors (Lipinski definition) is 2. The first-order chi connectivity index (χ1) is 10.0. The second kappa shape index (κ2) is 5.70. The maximum atomic E-state index is 12.6. The molecule has 1 aliphatic heterocycles. The van der Waals surface area contributed by atoms with Gasteiger partial charge in [0, 0.05) is 28.8 Å². The number of nitrogens with two attached hydrogens (primary N) is 1. The van der Waals surface area contributed by atoms with Gasteiger partial charge in [0.1, 0.15) is 0 Å². The number of nitrogens with zero attached hydrogens (tertiary/aromatic N) is 1. The van der Waals surface area contributed by atoms with Crippen LogP contribution in [0.5, 0.6) is 0 Å². The molecule has 0 bridgehead atoms. The van der Waals surface area contributed by atoms with Crippen molar-refractivity contribution in [1.82, 2.24) is 4.90 Å². The van der Waals surface area contributed by atoms with E-state index in [1.165, 1.54) is 5.56 Å². The fraction of sp³-hybridized carbons (Fsp3) is 0.188. The van der Waals surface area contributed by atoms with E-state index >= 15 is 0 Å². The van der Waals surface area contributed by atoms with Gasteiger partial charge in [-0.3, -0.25) is 4.79 Å². The Bertz CT molecular complexity index is 717. The molecule has 108 valence electrons. The topological polar surface area (TPSA) is 46.3 Å². The van der Waals surface area contributed by atoms with E-state index in [2.05, 4.69) is 15.9 Å². The molecule has 21 heavy (non-hydrogen) atoms. The maximum Gasteiger partial charge on any atom is 0.254 e. The lowest BCUT2D eigenvalue weighted by Gasteiger charge is -2.29. The summed E-state index contributed by atoms with van der Waals surface area (Å²) in [6.45, 7) is 1.31. The molecule has 0 saturated carbocycles. The zero-order valence-electron chi connectivity index (χ0n) is 11.3. The summed E-state index contributed by atoms with van der Waals surface area (Å²) in [5.41, 5.74) is 9.59. The van der Waals surface area contributed by atoms with Crippen LogP contribution in [0.4, 0.5) is 5.69 Å². The van der Waals surface area contributed by atoms with Gasteiger partial charge < -0.3 is 10.6 Å². The van der Waals surface area contributed by atoms with Gasteiger partial charge in [-0.1, -0.05) is 17.7 Å². The molecule has 1 heterocycles. The third-order valence-corrected chi connectivity index (χ3v) is 4.91. The number of nitrogen functional groups attached to an aromatic ring is 1. The zero-order valence-corrected chi connectivity index (χ0v) is 13.6. The van der Waals surface area contributed by atoms with Crippen LogP contribution >= 0.6 is 27.5 Å². The van der Waals surface area contributed by atoms with E-state index in [0.717, 1.165) is 28.7 Å². The van der Waals surface area contributed by atoms with E-state index in [9.17, 15) is 4.79 Å². The van der Waals surface area contributed by atoms with Crippen LogP contribution in [0.3, 0.4) is 0 Å². The van der Waals surface area contributed by atoms with Crippen molar-refractivity contribution in [2.45, 2.75) is 13.0 Å². The van der Waals surface area contributed by atoms with Crippen molar-refractivity contribution in [3.8, 4) is 0 Å². The molecule has 0 spiro atoms. The van der Waals surface area contributed by atoms with E-state index in [1.807, 2.05) is 23.1 Å². The van der Waals surface area contributed by atoms with E-state index in [-0.39, 0.29) is 5.91 Å². The smallest absolute Gasteiger partial charge is 0.254 e. The van der Waals surface area contributed by atoms with E-state index in [4.69, 9.17) is 17.3 Å².